The summed E-state index contributed by atoms with van der Waals surface area (Å²) in [4.78, 5) is 48.4. The van der Waals surface area contributed by atoms with E-state index >= 15 is 0 Å². The zero-order valence-electron chi connectivity index (χ0n) is 24.7. The van der Waals surface area contributed by atoms with E-state index in [4.69, 9.17) is 38.7 Å². The molecule has 2 rings (SSSR count). The van der Waals surface area contributed by atoms with Gasteiger partial charge in [0.15, 0.2) is 17.3 Å². The van der Waals surface area contributed by atoms with Crippen LogP contribution in [0.3, 0.4) is 0 Å². The highest BCUT2D eigenvalue weighted by Crippen LogP contribution is 2.38. The van der Waals surface area contributed by atoms with E-state index < -0.39 is 27.8 Å². The summed E-state index contributed by atoms with van der Waals surface area (Å²) in [5, 5.41) is 25.9. The van der Waals surface area contributed by atoms with Gasteiger partial charge in [-0.2, -0.15) is 0 Å². The fourth-order valence-electron chi connectivity index (χ4n) is 3.58. The first-order chi connectivity index (χ1) is 21.7. The number of rotatable bonds is 22. The number of ether oxygens (including phenoxy) is 7. The van der Waals surface area contributed by atoms with Gasteiger partial charge in [0, 0.05) is 36.6 Å². The van der Waals surface area contributed by atoms with Crippen molar-refractivity contribution in [3.63, 3.8) is 0 Å². The molecule has 45 heavy (non-hydrogen) atoms. The van der Waals surface area contributed by atoms with Crippen molar-refractivity contribution in [2.24, 2.45) is 5.11 Å². The summed E-state index contributed by atoms with van der Waals surface area (Å²) >= 11 is 0. The lowest BCUT2D eigenvalue weighted by Crippen LogP contribution is -2.15. The monoisotopic (exact) mass is 635 g/mol. The molecule has 0 aliphatic heterocycles. The largest absolute Gasteiger partial charge is 0.514 e. The zero-order valence-corrected chi connectivity index (χ0v) is 24.7. The van der Waals surface area contributed by atoms with Gasteiger partial charge in [-0.05, 0) is 37.1 Å². The van der Waals surface area contributed by atoms with Crippen LogP contribution in [-0.2, 0) is 23.7 Å². The highest BCUT2D eigenvalue weighted by atomic mass is 16.7. The summed E-state index contributed by atoms with van der Waals surface area (Å²) in [6, 6.07) is 6.99. The number of Topliss-reactive ketones (excluding diaryl/α,β-unsaturated/α-hetero) is 1. The molecule has 0 saturated carbocycles. The molecular weight excluding hydrogens is 602 g/mol. The lowest BCUT2D eigenvalue weighted by atomic mass is 10.1. The molecule has 0 radical (unpaired) electrons. The first-order valence-corrected chi connectivity index (χ1v) is 13.5. The molecule has 0 amide bonds. The fourth-order valence-corrected chi connectivity index (χ4v) is 3.58. The fraction of sp³-hybridized carbons (Fsp3) is 0.481. The summed E-state index contributed by atoms with van der Waals surface area (Å²) in [6.45, 7) is 3.28. The van der Waals surface area contributed by atoms with Gasteiger partial charge in [-0.15, -0.1) is 0 Å². The second kappa shape index (κ2) is 20.0. The van der Waals surface area contributed by atoms with Gasteiger partial charge in [0.05, 0.1) is 61.6 Å². The number of non-ortho nitro benzene ring substituents is 1. The number of nitro benzene ring substituents is 2. The van der Waals surface area contributed by atoms with Crippen LogP contribution < -0.4 is 14.2 Å². The SMILES string of the molecule is COc1cc(C(C)OC(=O)Oc2ccc([N+](=O)[O-])cc2)c([N+](=O)[O-])cc1OCC(=O)CCCOCCOCCOCCN=[N+]=[N-]. The van der Waals surface area contributed by atoms with Gasteiger partial charge in [-0.25, -0.2) is 4.79 Å². The van der Waals surface area contributed by atoms with Crippen LogP contribution in [0, 0.1) is 20.2 Å². The summed E-state index contributed by atoms with van der Waals surface area (Å²) in [5.41, 5.74) is 7.46. The quantitative estimate of drug-likeness (QED) is 0.0245. The van der Waals surface area contributed by atoms with E-state index in [1.165, 1.54) is 32.2 Å². The summed E-state index contributed by atoms with van der Waals surface area (Å²) in [5.74, 6) is -0.298. The van der Waals surface area contributed by atoms with Crippen LogP contribution >= 0.6 is 0 Å². The molecule has 18 heteroatoms. The third-order valence-electron chi connectivity index (χ3n) is 5.75. The number of carbonyl (C=O) groups is 2. The van der Waals surface area contributed by atoms with Crippen molar-refractivity contribution in [3.8, 4) is 17.2 Å². The second-order valence-electron chi connectivity index (χ2n) is 8.90. The van der Waals surface area contributed by atoms with Crippen molar-refractivity contribution in [2.45, 2.75) is 25.9 Å². The molecule has 0 aromatic heterocycles. The molecule has 244 valence electrons. The standard InChI is InChI=1S/C27H33N5O13/c1-19(44-27(34)45-22-7-5-20(6-8-22)31(35)36)23-16-25(39-2)26(17-24(23)32(37)38)43-18-21(33)4-3-10-40-12-14-42-15-13-41-11-9-29-30-28/h5-8,16-17,19H,3-4,9-15,18H2,1-2H3. The van der Waals surface area contributed by atoms with Gasteiger partial charge in [-0.3, -0.25) is 25.0 Å². The maximum Gasteiger partial charge on any atom is 0.514 e. The number of benzene rings is 2. The molecule has 1 unspecified atom stereocenters. The Bertz CT molecular complexity index is 1330. The van der Waals surface area contributed by atoms with Gasteiger partial charge in [0.25, 0.3) is 11.4 Å². The van der Waals surface area contributed by atoms with Gasteiger partial charge in [0.1, 0.15) is 18.5 Å². The zero-order chi connectivity index (χ0) is 33.0. The third-order valence-corrected chi connectivity index (χ3v) is 5.75. The third kappa shape index (κ3) is 13.4. The molecule has 0 N–H and O–H groups in total. The van der Waals surface area contributed by atoms with Crippen LogP contribution in [-0.4, -0.2) is 81.7 Å². The Kier molecular flexibility index (Phi) is 16.1. The smallest absolute Gasteiger partial charge is 0.493 e. The Morgan fingerprint density at radius 1 is 0.933 bits per heavy atom. The van der Waals surface area contributed by atoms with Crippen molar-refractivity contribution < 1.29 is 52.6 Å². The minimum absolute atomic E-state index is 0.0303. The van der Waals surface area contributed by atoms with Crippen molar-refractivity contribution in [1.29, 1.82) is 0 Å². The molecule has 0 saturated heterocycles. The molecular formula is C27H33N5O13. The molecule has 0 fully saturated rings. The molecule has 0 spiro atoms. The van der Waals surface area contributed by atoms with Crippen molar-refractivity contribution >= 4 is 23.3 Å². The Morgan fingerprint density at radius 3 is 2.18 bits per heavy atom. The molecule has 18 nitrogen and oxygen atoms in total. The first kappa shape index (κ1) is 36.2. The van der Waals surface area contributed by atoms with E-state index in [0.717, 1.165) is 18.2 Å². The van der Waals surface area contributed by atoms with E-state index in [2.05, 4.69) is 10.0 Å². The van der Waals surface area contributed by atoms with Crippen LogP contribution in [0.1, 0.15) is 31.4 Å². The predicted molar refractivity (Wildman–Crippen MR) is 154 cm³/mol. The van der Waals surface area contributed by atoms with Crippen molar-refractivity contribution in [1.82, 2.24) is 0 Å². The highest BCUT2D eigenvalue weighted by molar-refractivity contribution is 5.80. The number of methoxy groups -OCH3 is 1. The lowest BCUT2D eigenvalue weighted by molar-refractivity contribution is -0.386. The maximum atomic E-state index is 12.3. The Morgan fingerprint density at radius 2 is 1.58 bits per heavy atom. The molecule has 1 atom stereocenters. The van der Waals surface area contributed by atoms with Gasteiger partial charge in [-0.1, -0.05) is 5.11 Å². The van der Waals surface area contributed by atoms with Crippen LogP contribution in [0.5, 0.6) is 17.2 Å². The van der Waals surface area contributed by atoms with Crippen LogP contribution in [0.25, 0.3) is 10.4 Å². The topological polar surface area (TPSA) is 234 Å². The molecule has 0 heterocycles. The number of hydrogen-bond donors (Lipinski definition) is 0. The minimum Gasteiger partial charge on any atom is -0.493 e. The van der Waals surface area contributed by atoms with Crippen molar-refractivity contribution in [2.75, 3.05) is 59.9 Å². The van der Waals surface area contributed by atoms with E-state index in [1.807, 2.05) is 0 Å². The Hall–Kier alpha value is -5.03. The molecule has 2 aromatic rings. The number of ketones is 1. The van der Waals surface area contributed by atoms with Crippen molar-refractivity contribution in [3.05, 3.63) is 72.6 Å². The van der Waals surface area contributed by atoms with E-state index in [0.29, 0.717) is 46.1 Å². The summed E-state index contributed by atoms with van der Waals surface area (Å²) < 4.78 is 36.9. The molecule has 0 bridgehead atoms. The average molecular weight is 636 g/mol. The van der Waals surface area contributed by atoms with Crippen LogP contribution in [0.2, 0.25) is 0 Å². The number of carbonyl (C=O) groups excluding carboxylic acids is 2. The molecule has 0 aliphatic rings. The van der Waals surface area contributed by atoms with Gasteiger partial charge < -0.3 is 33.2 Å². The van der Waals surface area contributed by atoms with Crippen LogP contribution in [0.15, 0.2) is 41.5 Å². The normalized spacial score (nSPS) is 11.2. The van der Waals surface area contributed by atoms with E-state index in [-0.39, 0.29) is 53.9 Å². The molecule has 2 aromatic carbocycles. The predicted octanol–water partition coefficient (Wildman–Crippen LogP) is 4.88. The maximum absolute atomic E-state index is 12.3. The highest BCUT2D eigenvalue weighted by Gasteiger charge is 2.27. The van der Waals surface area contributed by atoms with E-state index in [9.17, 15) is 29.8 Å². The number of nitro groups is 2. The summed E-state index contributed by atoms with van der Waals surface area (Å²) in [7, 11) is 1.30. The number of azide groups is 1. The first-order valence-electron chi connectivity index (χ1n) is 13.5. The Balaban J connectivity index is 1.81. The van der Waals surface area contributed by atoms with E-state index in [1.54, 1.807) is 0 Å². The lowest BCUT2D eigenvalue weighted by Gasteiger charge is -2.17. The number of hydrogen-bond acceptors (Lipinski definition) is 14. The molecule has 0 aliphatic carbocycles. The average Bonchev–Trinajstić information content (AvgIpc) is 3.01. The van der Waals surface area contributed by atoms with Crippen LogP contribution in [0.4, 0.5) is 16.2 Å². The second-order valence-corrected chi connectivity index (χ2v) is 8.90. The van der Waals surface area contributed by atoms with Gasteiger partial charge in [0.2, 0.25) is 0 Å². The summed E-state index contributed by atoms with van der Waals surface area (Å²) in [6.07, 6.45) is -1.80. The Labute approximate surface area is 257 Å². The number of nitrogens with zero attached hydrogens (tertiary/aromatic N) is 5. The minimum atomic E-state index is -1.20. The van der Waals surface area contributed by atoms with Gasteiger partial charge >= 0.3 is 6.16 Å².